The third kappa shape index (κ3) is 3.35. The zero-order chi connectivity index (χ0) is 13.0. The van der Waals surface area contributed by atoms with E-state index in [9.17, 15) is 4.39 Å². The van der Waals surface area contributed by atoms with Gasteiger partial charge in [-0.05, 0) is 44.5 Å². The van der Waals surface area contributed by atoms with Crippen molar-refractivity contribution in [1.29, 1.82) is 0 Å². The van der Waals surface area contributed by atoms with E-state index < -0.39 is 0 Å². The number of benzene rings is 1. The molecule has 3 nitrogen and oxygen atoms in total. The summed E-state index contributed by atoms with van der Waals surface area (Å²) in [6.07, 6.45) is 2.50. The summed E-state index contributed by atoms with van der Waals surface area (Å²) >= 11 is 0. The molecule has 0 saturated carbocycles. The standard InChI is InChI=1S/C14H21FN2O/c1-17-7-3-4-11(10-17)9-16-12-5-6-14(18-2)13(15)8-12/h5-6,8,11,16H,3-4,7,9-10H2,1-2H3. The Hall–Kier alpha value is -1.29. The summed E-state index contributed by atoms with van der Waals surface area (Å²) in [7, 11) is 3.63. The van der Waals surface area contributed by atoms with Crippen LogP contribution in [-0.2, 0) is 0 Å². The summed E-state index contributed by atoms with van der Waals surface area (Å²) in [6.45, 7) is 3.20. The second kappa shape index (κ2) is 6.05. The predicted molar refractivity (Wildman–Crippen MR) is 71.7 cm³/mol. The fourth-order valence-corrected chi connectivity index (χ4v) is 2.48. The monoisotopic (exact) mass is 252 g/mol. The van der Waals surface area contributed by atoms with Gasteiger partial charge in [0, 0.05) is 24.8 Å². The largest absolute Gasteiger partial charge is 0.494 e. The van der Waals surface area contributed by atoms with Crippen molar-refractivity contribution in [1.82, 2.24) is 4.90 Å². The van der Waals surface area contributed by atoms with E-state index in [4.69, 9.17) is 4.74 Å². The number of halogens is 1. The summed E-state index contributed by atoms with van der Waals surface area (Å²) < 4.78 is 18.4. The molecule has 1 heterocycles. The molecule has 0 aromatic heterocycles. The van der Waals surface area contributed by atoms with Gasteiger partial charge < -0.3 is 15.0 Å². The second-order valence-corrected chi connectivity index (χ2v) is 5.00. The number of piperidine rings is 1. The van der Waals surface area contributed by atoms with E-state index in [1.807, 2.05) is 6.07 Å². The molecule has 18 heavy (non-hydrogen) atoms. The van der Waals surface area contributed by atoms with Crippen LogP contribution in [0.3, 0.4) is 0 Å². The minimum absolute atomic E-state index is 0.290. The summed E-state index contributed by atoms with van der Waals surface area (Å²) in [5.74, 6) is 0.620. The highest BCUT2D eigenvalue weighted by Crippen LogP contribution is 2.22. The predicted octanol–water partition coefficient (Wildman–Crippen LogP) is 2.59. The van der Waals surface area contributed by atoms with Crippen LogP contribution in [-0.4, -0.2) is 38.7 Å². The van der Waals surface area contributed by atoms with Crippen molar-refractivity contribution < 1.29 is 9.13 Å². The fraction of sp³-hybridized carbons (Fsp3) is 0.571. The van der Waals surface area contributed by atoms with Gasteiger partial charge in [-0.3, -0.25) is 0 Å². The zero-order valence-electron chi connectivity index (χ0n) is 11.1. The number of likely N-dealkylation sites (tertiary alicyclic amines) is 1. The van der Waals surface area contributed by atoms with Gasteiger partial charge in [-0.25, -0.2) is 4.39 Å². The summed E-state index contributed by atoms with van der Waals surface area (Å²) in [6, 6.07) is 5.00. The van der Waals surface area contributed by atoms with Crippen molar-refractivity contribution in [2.75, 3.05) is 39.1 Å². The van der Waals surface area contributed by atoms with E-state index in [1.165, 1.54) is 32.6 Å². The molecule has 1 aliphatic rings. The average Bonchev–Trinajstić information content (AvgIpc) is 2.37. The van der Waals surface area contributed by atoms with Gasteiger partial charge in [0.1, 0.15) is 0 Å². The van der Waals surface area contributed by atoms with Crippen molar-refractivity contribution >= 4 is 5.69 Å². The smallest absolute Gasteiger partial charge is 0.167 e. The van der Waals surface area contributed by atoms with Crippen LogP contribution >= 0.6 is 0 Å². The normalized spacial score (nSPS) is 20.7. The molecule has 1 saturated heterocycles. The lowest BCUT2D eigenvalue weighted by molar-refractivity contribution is 0.217. The molecule has 1 atom stereocenters. The van der Waals surface area contributed by atoms with Gasteiger partial charge in [-0.1, -0.05) is 0 Å². The van der Waals surface area contributed by atoms with Crippen LogP contribution in [0.15, 0.2) is 18.2 Å². The summed E-state index contributed by atoms with van der Waals surface area (Å²) in [5, 5.41) is 3.30. The number of nitrogens with zero attached hydrogens (tertiary/aromatic N) is 1. The van der Waals surface area contributed by atoms with E-state index in [-0.39, 0.29) is 11.6 Å². The van der Waals surface area contributed by atoms with Gasteiger partial charge in [-0.15, -0.1) is 0 Å². The fourth-order valence-electron chi connectivity index (χ4n) is 2.48. The molecule has 1 N–H and O–H groups in total. The Bertz CT molecular complexity index is 397. The zero-order valence-corrected chi connectivity index (χ0v) is 11.1. The van der Waals surface area contributed by atoms with Gasteiger partial charge in [0.15, 0.2) is 11.6 Å². The van der Waals surface area contributed by atoms with Gasteiger partial charge >= 0.3 is 0 Å². The average molecular weight is 252 g/mol. The molecular formula is C14H21FN2O. The molecule has 0 radical (unpaired) electrons. The van der Waals surface area contributed by atoms with Crippen LogP contribution in [0.5, 0.6) is 5.75 Å². The second-order valence-electron chi connectivity index (χ2n) is 5.00. The first-order chi connectivity index (χ1) is 8.69. The summed E-state index contributed by atoms with van der Waals surface area (Å²) in [4.78, 5) is 2.35. The Kier molecular flexibility index (Phi) is 4.42. The molecule has 0 bridgehead atoms. The lowest BCUT2D eigenvalue weighted by Crippen LogP contribution is -2.35. The highest BCUT2D eigenvalue weighted by atomic mass is 19.1. The van der Waals surface area contributed by atoms with E-state index in [0.29, 0.717) is 5.92 Å². The molecule has 0 amide bonds. The number of rotatable bonds is 4. The van der Waals surface area contributed by atoms with E-state index in [0.717, 1.165) is 18.8 Å². The molecule has 1 aliphatic heterocycles. The number of hydrogen-bond donors (Lipinski definition) is 1. The van der Waals surface area contributed by atoms with E-state index >= 15 is 0 Å². The van der Waals surface area contributed by atoms with Crippen molar-refractivity contribution in [2.45, 2.75) is 12.8 Å². The first-order valence-electron chi connectivity index (χ1n) is 6.45. The van der Waals surface area contributed by atoms with E-state index in [2.05, 4.69) is 17.3 Å². The number of hydrogen-bond acceptors (Lipinski definition) is 3. The van der Waals surface area contributed by atoms with E-state index in [1.54, 1.807) is 6.07 Å². The molecular weight excluding hydrogens is 231 g/mol. The third-order valence-electron chi connectivity index (χ3n) is 3.47. The molecule has 1 aromatic carbocycles. The first kappa shape index (κ1) is 13.1. The molecule has 4 heteroatoms. The maximum Gasteiger partial charge on any atom is 0.167 e. The van der Waals surface area contributed by atoms with Crippen LogP contribution in [0.25, 0.3) is 0 Å². The van der Waals surface area contributed by atoms with Gasteiger partial charge in [0.05, 0.1) is 7.11 Å². The van der Waals surface area contributed by atoms with Crippen LogP contribution in [0.4, 0.5) is 10.1 Å². The lowest BCUT2D eigenvalue weighted by Gasteiger charge is -2.30. The highest BCUT2D eigenvalue weighted by molar-refractivity contribution is 5.47. The molecule has 100 valence electrons. The van der Waals surface area contributed by atoms with Crippen LogP contribution in [0.1, 0.15) is 12.8 Å². The number of methoxy groups -OCH3 is 1. The number of nitrogens with one attached hydrogen (secondary N) is 1. The van der Waals surface area contributed by atoms with Gasteiger partial charge in [0.2, 0.25) is 0 Å². The summed E-state index contributed by atoms with van der Waals surface area (Å²) in [5.41, 5.74) is 0.821. The minimum Gasteiger partial charge on any atom is -0.494 e. The molecule has 1 aromatic rings. The van der Waals surface area contributed by atoms with Gasteiger partial charge in [-0.2, -0.15) is 0 Å². The Morgan fingerprint density at radius 3 is 3.00 bits per heavy atom. The Labute approximate surface area is 108 Å². The third-order valence-corrected chi connectivity index (χ3v) is 3.47. The van der Waals surface area contributed by atoms with Crippen LogP contribution < -0.4 is 10.1 Å². The number of ether oxygens (including phenoxy) is 1. The first-order valence-corrected chi connectivity index (χ1v) is 6.45. The molecule has 0 spiro atoms. The Morgan fingerprint density at radius 1 is 1.50 bits per heavy atom. The Balaban J connectivity index is 1.88. The quantitative estimate of drug-likeness (QED) is 0.891. The maximum absolute atomic E-state index is 13.5. The minimum atomic E-state index is -0.316. The van der Waals surface area contributed by atoms with Crippen molar-refractivity contribution in [3.05, 3.63) is 24.0 Å². The van der Waals surface area contributed by atoms with Crippen LogP contribution in [0, 0.1) is 11.7 Å². The molecule has 1 unspecified atom stereocenters. The van der Waals surface area contributed by atoms with Gasteiger partial charge in [0.25, 0.3) is 0 Å². The highest BCUT2D eigenvalue weighted by Gasteiger charge is 2.16. The maximum atomic E-state index is 13.5. The SMILES string of the molecule is COc1ccc(NCC2CCCN(C)C2)cc1F. The van der Waals surface area contributed by atoms with Crippen LogP contribution in [0.2, 0.25) is 0 Å². The van der Waals surface area contributed by atoms with Crippen molar-refractivity contribution in [3.63, 3.8) is 0 Å². The lowest BCUT2D eigenvalue weighted by atomic mass is 9.98. The molecule has 0 aliphatic carbocycles. The van der Waals surface area contributed by atoms with Crippen molar-refractivity contribution in [3.8, 4) is 5.75 Å². The Morgan fingerprint density at radius 2 is 2.33 bits per heavy atom. The molecule has 2 rings (SSSR count). The molecule has 1 fully saturated rings. The topological polar surface area (TPSA) is 24.5 Å². The number of anilines is 1. The van der Waals surface area contributed by atoms with Crippen molar-refractivity contribution in [2.24, 2.45) is 5.92 Å².